The van der Waals surface area contributed by atoms with Gasteiger partial charge in [0.2, 0.25) is 15.8 Å². The Bertz CT molecular complexity index is 1020. The fourth-order valence-corrected chi connectivity index (χ4v) is 3.48. The molecule has 6 nitrogen and oxygen atoms in total. The summed E-state index contributed by atoms with van der Waals surface area (Å²) < 4.78 is 34.3. The van der Waals surface area contributed by atoms with Crippen LogP contribution in [0.25, 0.3) is 11.3 Å². The number of hydrogen-bond donors (Lipinski definition) is 1. The minimum atomic E-state index is -3.80. The lowest BCUT2D eigenvalue weighted by Gasteiger charge is -2.21. The lowest BCUT2D eigenvalue weighted by Crippen LogP contribution is -2.32. The normalized spacial score (nSPS) is 19.9. The molecule has 1 heterocycles. The van der Waals surface area contributed by atoms with Gasteiger partial charge in [0.1, 0.15) is 11.5 Å². The second-order valence-corrected chi connectivity index (χ2v) is 8.08. The van der Waals surface area contributed by atoms with Gasteiger partial charge in [-0.1, -0.05) is 19.1 Å². The molecule has 1 atom stereocenters. The molecule has 142 valence electrons. The molecular weight excluding hydrogens is 366 g/mol. The molecule has 2 aromatic rings. The van der Waals surface area contributed by atoms with Gasteiger partial charge in [-0.2, -0.15) is 0 Å². The number of sulfonamides is 1. The first kappa shape index (κ1) is 19.1. The van der Waals surface area contributed by atoms with Crippen LogP contribution in [0.5, 0.6) is 5.75 Å². The van der Waals surface area contributed by atoms with E-state index in [4.69, 9.17) is 14.6 Å². The Hall–Kier alpha value is -2.64. The quantitative estimate of drug-likeness (QED) is 0.851. The number of primary sulfonamides is 1. The van der Waals surface area contributed by atoms with Crippen molar-refractivity contribution in [3.05, 3.63) is 59.7 Å². The average molecular weight is 387 g/mol. The summed E-state index contributed by atoms with van der Waals surface area (Å²) in [6, 6.07) is 13.2. The maximum atomic E-state index is 13.1. The molecule has 0 fully saturated rings. The molecule has 2 aromatic carbocycles. The minimum Gasteiger partial charge on any atom is -0.497 e. The fraction of sp³-hybridized carbons (Fsp3) is 0.250. The second-order valence-electron chi connectivity index (χ2n) is 6.52. The number of ether oxygens (including phenoxy) is 2. The van der Waals surface area contributed by atoms with Crippen LogP contribution in [0.3, 0.4) is 0 Å². The van der Waals surface area contributed by atoms with Crippen LogP contribution in [-0.4, -0.2) is 26.9 Å². The first-order valence-electron chi connectivity index (χ1n) is 8.45. The summed E-state index contributed by atoms with van der Waals surface area (Å²) >= 11 is 0. The number of carbonyl (C=O) groups excluding carboxylic acids is 1. The van der Waals surface area contributed by atoms with Crippen molar-refractivity contribution >= 4 is 27.1 Å². The average Bonchev–Trinajstić information content (AvgIpc) is 2.93. The van der Waals surface area contributed by atoms with E-state index in [-0.39, 0.29) is 10.7 Å². The van der Waals surface area contributed by atoms with Crippen molar-refractivity contribution in [1.82, 2.24) is 0 Å². The molecule has 0 bridgehead atoms. The molecule has 1 unspecified atom stereocenters. The maximum absolute atomic E-state index is 13.1. The van der Waals surface area contributed by atoms with E-state index >= 15 is 0 Å². The third-order valence-corrected chi connectivity index (χ3v) is 5.67. The summed E-state index contributed by atoms with van der Waals surface area (Å²) in [5, 5.41) is 5.16. The van der Waals surface area contributed by atoms with Crippen LogP contribution >= 0.6 is 0 Å². The molecule has 1 aliphatic rings. The molecule has 0 saturated carbocycles. The van der Waals surface area contributed by atoms with Crippen molar-refractivity contribution < 1.29 is 22.7 Å². The third kappa shape index (κ3) is 3.48. The molecule has 7 heteroatoms. The van der Waals surface area contributed by atoms with E-state index in [0.29, 0.717) is 34.6 Å². The highest BCUT2D eigenvalue weighted by molar-refractivity contribution is 7.89. The molecule has 0 amide bonds. The van der Waals surface area contributed by atoms with E-state index in [2.05, 4.69) is 0 Å². The molecule has 27 heavy (non-hydrogen) atoms. The predicted molar refractivity (Wildman–Crippen MR) is 102 cm³/mol. The minimum absolute atomic E-state index is 0.00245. The molecule has 0 spiro atoms. The first-order chi connectivity index (χ1) is 12.7. The summed E-state index contributed by atoms with van der Waals surface area (Å²) in [5.41, 5.74) is 0.751. The predicted octanol–water partition coefficient (Wildman–Crippen LogP) is 2.98. The van der Waals surface area contributed by atoms with Gasteiger partial charge in [-0.25, -0.2) is 13.6 Å². The van der Waals surface area contributed by atoms with Crippen LogP contribution in [0, 0.1) is 0 Å². The number of rotatable bonds is 5. The SMILES string of the molecule is CCC1(C)OC(c2ccc(S(N)(=O)=O)cc2)=C(c2cccc(OC)c2)C1=O. The maximum Gasteiger partial charge on any atom is 0.238 e. The smallest absolute Gasteiger partial charge is 0.238 e. The fourth-order valence-electron chi connectivity index (χ4n) is 2.96. The molecule has 3 rings (SSSR count). The molecule has 0 aromatic heterocycles. The Labute approximate surface area is 158 Å². The van der Waals surface area contributed by atoms with Gasteiger partial charge in [-0.05, 0) is 55.3 Å². The van der Waals surface area contributed by atoms with Gasteiger partial charge in [-0.3, -0.25) is 4.79 Å². The number of nitrogens with two attached hydrogens (primary N) is 1. The van der Waals surface area contributed by atoms with E-state index in [1.807, 2.05) is 13.0 Å². The van der Waals surface area contributed by atoms with Crippen LogP contribution in [0.4, 0.5) is 0 Å². The van der Waals surface area contributed by atoms with Gasteiger partial charge in [-0.15, -0.1) is 0 Å². The van der Waals surface area contributed by atoms with E-state index in [1.54, 1.807) is 44.4 Å². The molecule has 1 aliphatic heterocycles. The van der Waals surface area contributed by atoms with Crippen LogP contribution in [0.1, 0.15) is 31.4 Å². The van der Waals surface area contributed by atoms with E-state index in [1.165, 1.54) is 12.1 Å². The Morgan fingerprint density at radius 2 is 1.78 bits per heavy atom. The largest absolute Gasteiger partial charge is 0.497 e. The number of ketones is 1. The van der Waals surface area contributed by atoms with Crippen LogP contribution in [0.15, 0.2) is 53.4 Å². The van der Waals surface area contributed by atoms with E-state index in [9.17, 15) is 13.2 Å². The van der Waals surface area contributed by atoms with Crippen molar-refractivity contribution in [2.75, 3.05) is 7.11 Å². The summed E-state index contributed by atoms with van der Waals surface area (Å²) in [4.78, 5) is 13.1. The van der Waals surface area contributed by atoms with Crippen molar-refractivity contribution in [2.45, 2.75) is 30.8 Å². The Morgan fingerprint density at radius 3 is 2.33 bits per heavy atom. The van der Waals surface area contributed by atoms with E-state index in [0.717, 1.165) is 0 Å². The molecule has 0 saturated heterocycles. The number of carbonyl (C=O) groups is 1. The monoisotopic (exact) mass is 387 g/mol. The van der Waals surface area contributed by atoms with Gasteiger partial charge in [0, 0.05) is 5.56 Å². The third-order valence-electron chi connectivity index (χ3n) is 4.74. The highest BCUT2D eigenvalue weighted by Crippen LogP contribution is 2.43. The zero-order valence-electron chi connectivity index (χ0n) is 15.4. The highest BCUT2D eigenvalue weighted by Gasteiger charge is 2.45. The van der Waals surface area contributed by atoms with Gasteiger partial charge in [0.05, 0.1) is 17.6 Å². The number of hydrogen-bond acceptors (Lipinski definition) is 5. The van der Waals surface area contributed by atoms with Gasteiger partial charge >= 0.3 is 0 Å². The van der Waals surface area contributed by atoms with Crippen molar-refractivity contribution in [2.24, 2.45) is 5.14 Å². The zero-order valence-corrected chi connectivity index (χ0v) is 16.2. The van der Waals surface area contributed by atoms with Gasteiger partial charge < -0.3 is 9.47 Å². The zero-order chi connectivity index (χ0) is 19.8. The summed E-state index contributed by atoms with van der Waals surface area (Å²) in [7, 11) is -2.24. The first-order valence-corrected chi connectivity index (χ1v) is 10.00. The van der Waals surface area contributed by atoms with Crippen LogP contribution < -0.4 is 9.88 Å². The summed E-state index contributed by atoms with van der Waals surface area (Å²) in [6.45, 7) is 3.63. The van der Waals surface area contributed by atoms with Crippen molar-refractivity contribution in [3.63, 3.8) is 0 Å². The summed E-state index contributed by atoms with van der Waals surface area (Å²) in [6.07, 6.45) is 0.498. The topological polar surface area (TPSA) is 95.7 Å². The van der Waals surface area contributed by atoms with Crippen molar-refractivity contribution in [3.8, 4) is 5.75 Å². The lowest BCUT2D eigenvalue weighted by atomic mass is 9.90. The standard InChI is InChI=1S/C20H21NO5S/c1-4-20(2)19(22)17(14-6-5-7-15(12-14)25-3)18(26-20)13-8-10-16(11-9-13)27(21,23)24/h5-12H,4H2,1-3H3,(H2,21,23,24). The highest BCUT2D eigenvalue weighted by atomic mass is 32.2. The van der Waals surface area contributed by atoms with Crippen molar-refractivity contribution in [1.29, 1.82) is 0 Å². The lowest BCUT2D eigenvalue weighted by molar-refractivity contribution is -0.126. The number of Topliss-reactive ketones (excluding diaryl/α,β-unsaturated/α-hetero) is 1. The number of benzene rings is 2. The molecule has 2 N–H and O–H groups in total. The summed E-state index contributed by atoms with van der Waals surface area (Å²) in [5.74, 6) is 0.921. The Kier molecular flexibility index (Phi) is 4.84. The van der Waals surface area contributed by atoms with Crippen LogP contribution in [0.2, 0.25) is 0 Å². The molecule has 0 aliphatic carbocycles. The number of methoxy groups -OCH3 is 1. The Balaban J connectivity index is 2.17. The van der Waals surface area contributed by atoms with Gasteiger partial charge in [0.25, 0.3) is 0 Å². The Morgan fingerprint density at radius 1 is 1.11 bits per heavy atom. The van der Waals surface area contributed by atoms with Gasteiger partial charge in [0.15, 0.2) is 5.60 Å². The van der Waals surface area contributed by atoms with E-state index < -0.39 is 15.6 Å². The molecule has 0 radical (unpaired) electrons. The van der Waals surface area contributed by atoms with Crippen LogP contribution in [-0.2, 0) is 19.6 Å². The molecular formula is C20H21NO5S. The second kappa shape index (κ2) is 6.83.